The highest BCUT2D eigenvalue weighted by molar-refractivity contribution is 6.05. The van der Waals surface area contributed by atoms with Crippen molar-refractivity contribution in [3.05, 3.63) is 90.3 Å². The molecule has 0 radical (unpaired) electrons. The fraction of sp³-hybridized carbons (Fsp3) is 0.182. The molecule has 0 saturated heterocycles. The van der Waals surface area contributed by atoms with E-state index in [9.17, 15) is 4.79 Å². The summed E-state index contributed by atoms with van der Waals surface area (Å²) in [6.07, 6.45) is 1.67. The van der Waals surface area contributed by atoms with Crippen molar-refractivity contribution in [1.82, 2.24) is 4.98 Å². The van der Waals surface area contributed by atoms with E-state index in [-0.39, 0.29) is 11.9 Å². The average molecular weight is 345 g/mol. The molecule has 3 rings (SSSR count). The monoisotopic (exact) mass is 345 g/mol. The van der Waals surface area contributed by atoms with Crippen LogP contribution in [-0.4, -0.2) is 17.4 Å². The molecule has 4 heteroatoms. The van der Waals surface area contributed by atoms with Crippen LogP contribution in [0.2, 0.25) is 0 Å². The number of nitrogens with one attached hydrogen (secondary N) is 1. The topological polar surface area (TPSA) is 45.2 Å². The van der Waals surface area contributed by atoms with Crippen molar-refractivity contribution < 1.29 is 4.79 Å². The molecule has 1 unspecified atom stereocenters. The first-order valence-electron chi connectivity index (χ1n) is 8.83. The Morgan fingerprint density at radius 1 is 1.04 bits per heavy atom. The second-order valence-electron chi connectivity index (χ2n) is 6.09. The standard InChI is InChI=1S/C22H23N3O/c1-3-25(20-12-8-5-9-13-20)22(26)21-16-19(14-15-23-21)24-17(2)18-10-6-4-7-11-18/h4-17H,3H2,1-2H3,(H,23,24). The fourth-order valence-electron chi connectivity index (χ4n) is 2.90. The summed E-state index contributed by atoms with van der Waals surface area (Å²) in [4.78, 5) is 18.9. The predicted octanol–water partition coefficient (Wildman–Crippen LogP) is 4.92. The number of para-hydroxylation sites is 1. The Kier molecular flexibility index (Phi) is 5.64. The fourth-order valence-corrected chi connectivity index (χ4v) is 2.90. The van der Waals surface area contributed by atoms with Gasteiger partial charge in [0, 0.05) is 30.2 Å². The van der Waals surface area contributed by atoms with Crippen LogP contribution < -0.4 is 10.2 Å². The average Bonchev–Trinajstić information content (AvgIpc) is 2.70. The zero-order valence-corrected chi connectivity index (χ0v) is 15.1. The molecule has 2 aromatic carbocycles. The molecule has 3 aromatic rings. The Morgan fingerprint density at radius 2 is 1.69 bits per heavy atom. The maximum Gasteiger partial charge on any atom is 0.276 e. The number of nitrogens with zero attached hydrogens (tertiary/aromatic N) is 2. The van der Waals surface area contributed by atoms with Crippen LogP contribution in [0.25, 0.3) is 0 Å². The number of hydrogen-bond donors (Lipinski definition) is 1. The molecule has 132 valence electrons. The number of benzene rings is 2. The molecule has 0 aliphatic heterocycles. The van der Waals surface area contributed by atoms with Crippen LogP contribution in [0.3, 0.4) is 0 Å². The highest BCUT2D eigenvalue weighted by Crippen LogP contribution is 2.21. The van der Waals surface area contributed by atoms with Gasteiger partial charge < -0.3 is 10.2 Å². The molecule has 0 aliphatic rings. The number of rotatable bonds is 6. The van der Waals surface area contributed by atoms with E-state index in [4.69, 9.17) is 0 Å². The maximum atomic E-state index is 12.9. The normalized spacial score (nSPS) is 11.6. The zero-order chi connectivity index (χ0) is 18.4. The maximum absolute atomic E-state index is 12.9. The molecule has 0 aliphatic carbocycles. The van der Waals surface area contributed by atoms with Gasteiger partial charge in [-0.3, -0.25) is 9.78 Å². The first-order chi connectivity index (χ1) is 12.7. The number of anilines is 2. The molecule has 0 saturated carbocycles. The molecular formula is C22H23N3O. The van der Waals surface area contributed by atoms with Crippen LogP contribution in [-0.2, 0) is 0 Å². The largest absolute Gasteiger partial charge is 0.378 e. The van der Waals surface area contributed by atoms with Gasteiger partial charge in [-0.2, -0.15) is 0 Å². The lowest BCUT2D eigenvalue weighted by atomic mass is 10.1. The molecule has 4 nitrogen and oxygen atoms in total. The minimum atomic E-state index is -0.102. The number of carbonyl (C=O) groups is 1. The summed E-state index contributed by atoms with van der Waals surface area (Å²) in [6.45, 7) is 4.65. The molecule has 1 N–H and O–H groups in total. The first kappa shape index (κ1) is 17.7. The highest BCUT2D eigenvalue weighted by atomic mass is 16.2. The van der Waals surface area contributed by atoms with Crippen LogP contribution in [0.1, 0.15) is 35.9 Å². The Bertz CT molecular complexity index is 850. The van der Waals surface area contributed by atoms with Gasteiger partial charge in [-0.05, 0) is 43.7 Å². The van der Waals surface area contributed by atoms with Gasteiger partial charge in [0.05, 0.1) is 0 Å². The first-order valence-corrected chi connectivity index (χ1v) is 8.83. The summed E-state index contributed by atoms with van der Waals surface area (Å²) < 4.78 is 0. The molecule has 26 heavy (non-hydrogen) atoms. The molecule has 0 fully saturated rings. The zero-order valence-electron chi connectivity index (χ0n) is 15.1. The van der Waals surface area contributed by atoms with Crippen molar-refractivity contribution >= 4 is 17.3 Å². The molecule has 1 atom stereocenters. The lowest BCUT2D eigenvalue weighted by Gasteiger charge is -2.21. The predicted molar refractivity (Wildman–Crippen MR) is 107 cm³/mol. The third-order valence-corrected chi connectivity index (χ3v) is 4.29. The number of amides is 1. The lowest BCUT2D eigenvalue weighted by molar-refractivity contribution is 0.0983. The van der Waals surface area contributed by atoms with Gasteiger partial charge in [0.2, 0.25) is 0 Å². The van der Waals surface area contributed by atoms with Crippen LogP contribution in [0, 0.1) is 0 Å². The van der Waals surface area contributed by atoms with Gasteiger partial charge in [0.1, 0.15) is 5.69 Å². The van der Waals surface area contributed by atoms with Crippen molar-refractivity contribution in [2.24, 2.45) is 0 Å². The minimum absolute atomic E-state index is 0.102. The van der Waals surface area contributed by atoms with Crippen LogP contribution in [0.15, 0.2) is 79.0 Å². The van der Waals surface area contributed by atoms with Gasteiger partial charge in [-0.1, -0.05) is 48.5 Å². The highest BCUT2D eigenvalue weighted by Gasteiger charge is 2.18. The molecule has 0 spiro atoms. The van der Waals surface area contributed by atoms with E-state index >= 15 is 0 Å². The van der Waals surface area contributed by atoms with Gasteiger partial charge in [-0.25, -0.2) is 0 Å². The van der Waals surface area contributed by atoms with E-state index in [0.29, 0.717) is 12.2 Å². The summed E-state index contributed by atoms with van der Waals surface area (Å²) in [5.74, 6) is -0.102. The van der Waals surface area contributed by atoms with E-state index in [1.54, 1.807) is 11.1 Å². The summed E-state index contributed by atoms with van der Waals surface area (Å²) in [5.41, 5.74) is 3.37. The second-order valence-corrected chi connectivity index (χ2v) is 6.09. The third kappa shape index (κ3) is 4.09. The summed E-state index contributed by atoms with van der Waals surface area (Å²) in [7, 11) is 0. The molecule has 1 aromatic heterocycles. The van der Waals surface area contributed by atoms with Gasteiger partial charge >= 0.3 is 0 Å². The van der Waals surface area contributed by atoms with Crippen molar-refractivity contribution in [1.29, 1.82) is 0 Å². The molecule has 0 bridgehead atoms. The van der Waals surface area contributed by atoms with Gasteiger partial charge in [0.15, 0.2) is 0 Å². The smallest absolute Gasteiger partial charge is 0.276 e. The third-order valence-electron chi connectivity index (χ3n) is 4.29. The van der Waals surface area contributed by atoms with Crippen LogP contribution >= 0.6 is 0 Å². The van der Waals surface area contributed by atoms with E-state index in [1.807, 2.05) is 67.6 Å². The Labute approximate surface area is 154 Å². The molecular weight excluding hydrogens is 322 g/mol. The Morgan fingerprint density at radius 3 is 2.35 bits per heavy atom. The minimum Gasteiger partial charge on any atom is -0.378 e. The summed E-state index contributed by atoms with van der Waals surface area (Å²) >= 11 is 0. The van der Waals surface area contributed by atoms with Gasteiger partial charge in [-0.15, -0.1) is 0 Å². The number of pyridine rings is 1. The van der Waals surface area contributed by atoms with E-state index in [1.165, 1.54) is 5.56 Å². The summed E-state index contributed by atoms with van der Waals surface area (Å²) in [5, 5.41) is 3.44. The number of hydrogen-bond acceptors (Lipinski definition) is 3. The number of aromatic nitrogens is 1. The quantitative estimate of drug-likeness (QED) is 0.689. The Hall–Kier alpha value is -3.14. The van der Waals surface area contributed by atoms with Crippen LogP contribution in [0.5, 0.6) is 0 Å². The van der Waals surface area contributed by atoms with Crippen molar-refractivity contribution in [3.8, 4) is 0 Å². The van der Waals surface area contributed by atoms with Crippen molar-refractivity contribution in [3.63, 3.8) is 0 Å². The van der Waals surface area contributed by atoms with E-state index in [2.05, 4.69) is 29.4 Å². The van der Waals surface area contributed by atoms with E-state index < -0.39 is 0 Å². The SMILES string of the molecule is CCN(C(=O)c1cc(NC(C)c2ccccc2)ccn1)c1ccccc1. The molecule has 1 amide bonds. The molecule has 1 heterocycles. The lowest BCUT2D eigenvalue weighted by Crippen LogP contribution is -2.31. The van der Waals surface area contributed by atoms with Crippen molar-refractivity contribution in [2.75, 3.05) is 16.8 Å². The summed E-state index contributed by atoms with van der Waals surface area (Å²) in [6, 6.07) is 23.7. The van der Waals surface area contributed by atoms with Crippen LogP contribution in [0.4, 0.5) is 11.4 Å². The van der Waals surface area contributed by atoms with E-state index in [0.717, 1.165) is 11.4 Å². The second kappa shape index (κ2) is 8.30. The van der Waals surface area contributed by atoms with Crippen molar-refractivity contribution in [2.45, 2.75) is 19.9 Å². The Balaban J connectivity index is 1.79. The van der Waals surface area contributed by atoms with Gasteiger partial charge in [0.25, 0.3) is 5.91 Å². The number of carbonyl (C=O) groups excluding carboxylic acids is 1.